The summed E-state index contributed by atoms with van der Waals surface area (Å²) in [4.78, 5) is 16.6. The lowest BCUT2D eigenvalue weighted by molar-refractivity contribution is 0.0951. The zero-order chi connectivity index (χ0) is 17.6. The van der Waals surface area contributed by atoms with Crippen molar-refractivity contribution in [3.63, 3.8) is 0 Å². The number of halogens is 1. The monoisotopic (exact) mass is 340 g/mol. The Morgan fingerprint density at radius 2 is 1.96 bits per heavy atom. The summed E-state index contributed by atoms with van der Waals surface area (Å²) in [5, 5.41) is 2.83. The largest absolute Gasteiger partial charge is 0.496 e. The molecule has 5 nitrogen and oxygen atoms in total. The van der Waals surface area contributed by atoms with E-state index in [0.29, 0.717) is 41.4 Å². The second kappa shape index (κ2) is 7.61. The molecule has 128 valence electrons. The lowest BCUT2D eigenvalue weighted by atomic mass is 10.2. The normalized spacial score (nSPS) is 10.5. The Bertz CT molecular complexity index is 859. The fourth-order valence-electron chi connectivity index (χ4n) is 2.38. The van der Waals surface area contributed by atoms with Crippen LogP contribution in [-0.4, -0.2) is 24.5 Å². The van der Waals surface area contributed by atoms with E-state index in [1.54, 1.807) is 30.3 Å². The number of aromatic nitrogens is 1. The number of nitrogens with one attached hydrogen (secondary N) is 1. The number of methoxy groups -OCH3 is 1. The number of benzene rings is 2. The molecule has 1 amide bonds. The van der Waals surface area contributed by atoms with Gasteiger partial charge in [-0.25, -0.2) is 9.37 Å². The molecule has 0 aliphatic rings. The van der Waals surface area contributed by atoms with Crippen LogP contribution < -0.4 is 10.1 Å². The molecule has 3 aromatic rings. The zero-order valence-electron chi connectivity index (χ0n) is 13.7. The maximum atomic E-state index is 12.9. The SMILES string of the molecule is COc1ccccc1C(=O)NCCc1coc(-c2ccc(F)cc2)n1. The van der Waals surface area contributed by atoms with Crippen molar-refractivity contribution in [2.75, 3.05) is 13.7 Å². The maximum absolute atomic E-state index is 12.9. The minimum Gasteiger partial charge on any atom is -0.496 e. The number of ether oxygens (including phenoxy) is 1. The van der Waals surface area contributed by atoms with Crippen LogP contribution >= 0.6 is 0 Å². The first-order valence-electron chi connectivity index (χ1n) is 7.79. The number of oxazole rings is 1. The van der Waals surface area contributed by atoms with E-state index in [-0.39, 0.29) is 11.7 Å². The summed E-state index contributed by atoms with van der Waals surface area (Å²) in [6.45, 7) is 0.409. The molecule has 0 saturated carbocycles. The van der Waals surface area contributed by atoms with Crippen molar-refractivity contribution in [2.24, 2.45) is 0 Å². The first-order valence-corrected chi connectivity index (χ1v) is 7.79. The number of carbonyl (C=O) groups excluding carboxylic acids is 1. The molecular weight excluding hydrogens is 323 g/mol. The van der Waals surface area contributed by atoms with E-state index in [9.17, 15) is 9.18 Å². The van der Waals surface area contributed by atoms with Crippen LogP contribution in [-0.2, 0) is 6.42 Å². The van der Waals surface area contributed by atoms with Gasteiger partial charge in [0.15, 0.2) is 0 Å². The quantitative estimate of drug-likeness (QED) is 0.746. The highest BCUT2D eigenvalue weighted by atomic mass is 19.1. The summed E-state index contributed by atoms with van der Waals surface area (Å²) >= 11 is 0. The van der Waals surface area contributed by atoms with Crippen molar-refractivity contribution in [3.05, 3.63) is 71.9 Å². The van der Waals surface area contributed by atoms with Gasteiger partial charge in [0.05, 0.1) is 18.4 Å². The number of hydrogen-bond donors (Lipinski definition) is 1. The number of nitrogens with zero attached hydrogens (tertiary/aromatic N) is 1. The molecular formula is C19H17FN2O3. The molecule has 0 radical (unpaired) electrons. The van der Waals surface area contributed by atoms with Crippen molar-refractivity contribution in [1.29, 1.82) is 0 Å². The maximum Gasteiger partial charge on any atom is 0.255 e. The average Bonchev–Trinajstić information content (AvgIpc) is 3.11. The van der Waals surface area contributed by atoms with Gasteiger partial charge in [-0.15, -0.1) is 0 Å². The lowest BCUT2D eigenvalue weighted by Gasteiger charge is -2.08. The smallest absolute Gasteiger partial charge is 0.255 e. The average molecular weight is 340 g/mol. The van der Waals surface area contributed by atoms with Gasteiger partial charge in [-0.05, 0) is 36.4 Å². The first-order chi connectivity index (χ1) is 12.2. The van der Waals surface area contributed by atoms with Gasteiger partial charge < -0.3 is 14.5 Å². The molecule has 0 atom stereocenters. The van der Waals surface area contributed by atoms with Crippen LogP contribution in [0.4, 0.5) is 4.39 Å². The van der Waals surface area contributed by atoms with Crippen LogP contribution in [0.5, 0.6) is 5.75 Å². The third-order valence-electron chi connectivity index (χ3n) is 3.66. The highest BCUT2D eigenvalue weighted by Crippen LogP contribution is 2.19. The third-order valence-corrected chi connectivity index (χ3v) is 3.66. The van der Waals surface area contributed by atoms with E-state index in [2.05, 4.69) is 10.3 Å². The standard InChI is InChI=1S/C19H17FN2O3/c1-24-17-5-3-2-4-16(17)18(23)21-11-10-15-12-25-19(22-15)13-6-8-14(20)9-7-13/h2-9,12H,10-11H2,1H3,(H,21,23). The van der Waals surface area contributed by atoms with Gasteiger partial charge in [0.25, 0.3) is 5.91 Å². The molecule has 1 heterocycles. The van der Waals surface area contributed by atoms with Crippen molar-refractivity contribution in [2.45, 2.75) is 6.42 Å². The van der Waals surface area contributed by atoms with Crippen LogP contribution in [0.3, 0.4) is 0 Å². The third kappa shape index (κ3) is 4.03. The molecule has 0 aliphatic carbocycles. The molecule has 0 unspecified atom stereocenters. The molecule has 0 aliphatic heterocycles. The Labute approximate surface area is 144 Å². The Balaban J connectivity index is 1.57. The number of hydrogen-bond acceptors (Lipinski definition) is 4. The van der Waals surface area contributed by atoms with Crippen LogP contribution in [0.1, 0.15) is 16.1 Å². The van der Waals surface area contributed by atoms with Gasteiger partial charge in [-0.1, -0.05) is 12.1 Å². The van der Waals surface area contributed by atoms with E-state index in [1.807, 2.05) is 6.07 Å². The predicted molar refractivity (Wildman–Crippen MR) is 90.9 cm³/mol. The van der Waals surface area contributed by atoms with E-state index in [1.165, 1.54) is 25.5 Å². The number of amides is 1. The Kier molecular flexibility index (Phi) is 5.09. The zero-order valence-corrected chi connectivity index (χ0v) is 13.7. The van der Waals surface area contributed by atoms with Crippen LogP contribution in [0.15, 0.2) is 59.2 Å². The topological polar surface area (TPSA) is 64.4 Å². The molecule has 1 aromatic heterocycles. The summed E-state index contributed by atoms with van der Waals surface area (Å²) in [5.41, 5.74) is 1.89. The highest BCUT2D eigenvalue weighted by molar-refractivity contribution is 5.96. The predicted octanol–water partition coefficient (Wildman–Crippen LogP) is 3.46. The van der Waals surface area contributed by atoms with Crippen molar-refractivity contribution in [3.8, 4) is 17.2 Å². The number of para-hydroxylation sites is 1. The van der Waals surface area contributed by atoms with Crippen molar-refractivity contribution >= 4 is 5.91 Å². The van der Waals surface area contributed by atoms with Gasteiger partial charge in [0.2, 0.25) is 5.89 Å². The number of carbonyl (C=O) groups is 1. The molecule has 0 saturated heterocycles. The van der Waals surface area contributed by atoms with E-state index >= 15 is 0 Å². The van der Waals surface area contributed by atoms with E-state index in [0.717, 1.165) is 0 Å². The second-order valence-corrected chi connectivity index (χ2v) is 5.36. The summed E-state index contributed by atoms with van der Waals surface area (Å²) < 4.78 is 23.5. The molecule has 0 bridgehead atoms. The number of rotatable bonds is 6. The fraction of sp³-hybridized carbons (Fsp3) is 0.158. The molecule has 1 N–H and O–H groups in total. The molecule has 2 aromatic carbocycles. The summed E-state index contributed by atoms with van der Waals surface area (Å²) in [7, 11) is 1.53. The van der Waals surface area contributed by atoms with Gasteiger partial charge in [0, 0.05) is 18.5 Å². The van der Waals surface area contributed by atoms with Gasteiger partial charge >= 0.3 is 0 Å². The molecule has 25 heavy (non-hydrogen) atoms. The minimum absolute atomic E-state index is 0.209. The van der Waals surface area contributed by atoms with Crippen LogP contribution in [0.25, 0.3) is 11.5 Å². The lowest BCUT2D eigenvalue weighted by Crippen LogP contribution is -2.26. The Morgan fingerprint density at radius 3 is 2.72 bits per heavy atom. The molecule has 6 heteroatoms. The van der Waals surface area contributed by atoms with Crippen LogP contribution in [0, 0.1) is 5.82 Å². The Morgan fingerprint density at radius 1 is 1.20 bits per heavy atom. The van der Waals surface area contributed by atoms with Gasteiger partial charge in [-0.3, -0.25) is 4.79 Å². The Hall–Kier alpha value is -3.15. The van der Waals surface area contributed by atoms with Crippen LogP contribution in [0.2, 0.25) is 0 Å². The summed E-state index contributed by atoms with van der Waals surface area (Å²) in [6, 6.07) is 13.0. The highest BCUT2D eigenvalue weighted by Gasteiger charge is 2.11. The summed E-state index contributed by atoms with van der Waals surface area (Å²) in [6.07, 6.45) is 2.06. The molecule has 0 fully saturated rings. The van der Waals surface area contributed by atoms with E-state index < -0.39 is 0 Å². The van der Waals surface area contributed by atoms with E-state index in [4.69, 9.17) is 9.15 Å². The summed E-state index contributed by atoms with van der Waals surface area (Å²) in [5.74, 6) is 0.431. The minimum atomic E-state index is -0.311. The van der Waals surface area contributed by atoms with Gasteiger partial charge in [-0.2, -0.15) is 0 Å². The molecule has 3 rings (SSSR count). The molecule has 0 spiro atoms. The van der Waals surface area contributed by atoms with Gasteiger partial charge in [0.1, 0.15) is 17.8 Å². The first kappa shape index (κ1) is 16.7. The second-order valence-electron chi connectivity index (χ2n) is 5.36. The fourth-order valence-corrected chi connectivity index (χ4v) is 2.38. The van der Waals surface area contributed by atoms with Crippen molar-refractivity contribution < 1.29 is 18.3 Å². The van der Waals surface area contributed by atoms with Crippen molar-refractivity contribution in [1.82, 2.24) is 10.3 Å².